The molecule has 0 bridgehead atoms. The Kier molecular flexibility index (Phi) is 1.81. The fourth-order valence-corrected chi connectivity index (χ4v) is 1.07. The summed E-state index contributed by atoms with van der Waals surface area (Å²) >= 11 is 0. The molecule has 0 radical (unpaired) electrons. The van der Waals surface area contributed by atoms with E-state index in [4.69, 9.17) is 11.0 Å². The number of nitrogens with zero attached hydrogens (tertiary/aromatic N) is 3. The largest absolute Gasteiger partial charge is 0.382 e. The quantitative estimate of drug-likeness (QED) is 0.631. The van der Waals surface area contributed by atoms with E-state index in [0.717, 1.165) is 12.1 Å². The minimum absolute atomic E-state index is 0.374. The van der Waals surface area contributed by atoms with Crippen molar-refractivity contribution in [3.05, 3.63) is 11.5 Å². The summed E-state index contributed by atoms with van der Waals surface area (Å²) < 4.78 is 1.72. The number of hydrogen-bond donors (Lipinski definition) is 1. The van der Waals surface area contributed by atoms with Crippen molar-refractivity contribution in [1.82, 2.24) is 9.55 Å². The minimum atomic E-state index is 0.374. The summed E-state index contributed by atoms with van der Waals surface area (Å²) in [5.41, 5.74) is 6.46. The van der Waals surface area contributed by atoms with Crippen molar-refractivity contribution in [2.75, 3.05) is 5.73 Å². The number of anilines is 1. The van der Waals surface area contributed by atoms with Gasteiger partial charge in [-0.25, -0.2) is 4.98 Å². The Hall–Kier alpha value is -1.50. The molecule has 1 heterocycles. The average Bonchev–Trinajstić information content (AvgIpc) is 2.26. The summed E-state index contributed by atoms with van der Waals surface area (Å²) in [4.78, 5) is 3.88. The maximum Gasteiger partial charge on any atom is 0.214 e. The van der Waals surface area contributed by atoms with Gasteiger partial charge in [0.15, 0.2) is 0 Å². The highest BCUT2D eigenvalue weighted by Gasteiger charge is 2.08. The van der Waals surface area contributed by atoms with Gasteiger partial charge in [0.05, 0.1) is 5.69 Å². The Bertz CT molecular complexity index is 305. The number of aromatic nitrogens is 2. The first-order valence-electron chi connectivity index (χ1n) is 3.41. The maximum absolute atomic E-state index is 8.56. The lowest BCUT2D eigenvalue weighted by atomic mass is 10.3. The second-order valence-electron chi connectivity index (χ2n) is 2.29. The highest BCUT2D eigenvalue weighted by molar-refractivity contribution is 5.39. The van der Waals surface area contributed by atoms with Gasteiger partial charge in [-0.2, -0.15) is 5.26 Å². The van der Waals surface area contributed by atoms with Gasteiger partial charge >= 0.3 is 0 Å². The maximum atomic E-state index is 8.56. The fourth-order valence-electron chi connectivity index (χ4n) is 1.07. The Morgan fingerprint density at radius 1 is 1.73 bits per heavy atom. The minimum Gasteiger partial charge on any atom is -0.382 e. The molecule has 2 N–H and O–H groups in total. The van der Waals surface area contributed by atoms with E-state index in [1.807, 2.05) is 13.0 Å². The van der Waals surface area contributed by atoms with Crippen molar-refractivity contribution in [3.8, 4) is 6.07 Å². The first-order valence-corrected chi connectivity index (χ1v) is 3.41. The summed E-state index contributed by atoms with van der Waals surface area (Å²) in [5, 5.41) is 8.56. The zero-order valence-electron chi connectivity index (χ0n) is 6.63. The molecule has 0 aliphatic rings. The van der Waals surface area contributed by atoms with E-state index in [1.165, 1.54) is 0 Å². The SMILES string of the molecule is CCc1c(N)nc(C#N)n1C. The molecule has 1 aromatic rings. The van der Waals surface area contributed by atoms with Crippen LogP contribution in [0.1, 0.15) is 18.4 Å². The Labute approximate surface area is 65.3 Å². The molecule has 0 saturated heterocycles. The summed E-state index contributed by atoms with van der Waals surface area (Å²) in [6.45, 7) is 1.98. The summed E-state index contributed by atoms with van der Waals surface area (Å²) in [5.74, 6) is 0.839. The normalized spacial score (nSPS) is 9.55. The topological polar surface area (TPSA) is 67.6 Å². The van der Waals surface area contributed by atoms with Gasteiger partial charge in [-0.3, -0.25) is 0 Å². The third kappa shape index (κ3) is 1.05. The Balaban J connectivity index is 3.28. The molecular weight excluding hydrogens is 140 g/mol. The van der Waals surface area contributed by atoms with Gasteiger partial charge in [0.2, 0.25) is 5.82 Å². The number of nitriles is 1. The molecular formula is C7H10N4. The lowest BCUT2D eigenvalue weighted by molar-refractivity contribution is 0.819. The van der Waals surface area contributed by atoms with E-state index in [2.05, 4.69) is 4.98 Å². The highest BCUT2D eigenvalue weighted by atomic mass is 15.1. The van der Waals surface area contributed by atoms with Crippen LogP contribution in [0.2, 0.25) is 0 Å². The van der Waals surface area contributed by atoms with Crippen LogP contribution < -0.4 is 5.73 Å². The molecule has 0 fully saturated rings. The number of nitrogen functional groups attached to an aromatic ring is 1. The monoisotopic (exact) mass is 150 g/mol. The van der Waals surface area contributed by atoms with Crippen LogP contribution in [0.3, 0.4) is 0 Å². The standard InChI is InChI=1S/C7H10N4/c1-3-5-7(9)10-6(4-8)11(5)2/h3,9H2,1-2H3. The van der Waals surface area contributed by atoms with Crippen molar-refractivity contribution in [1.29, 1.82) is 5.26 Å². The van der Waals surface area contributed by atoms with Gasteiger partial charge < -0.3 is 10.3 Å². The molecule has 0 unspecified atom stereocenters. The molecule has 4 heteroatoms. The Morgan fingerprint density at radius 2 is 2.36 bits per heavy atom. The number of nitrogens with two attached hydrogens (primary N) is 1. The van der Waals surface area contributed by atoms with Crippen LogP contribution >= 0.6 is 0 Å². The summed E-state index contributed by atoms with van der Waals surface area (Å²) in [6.07, 6.45) is 0.803. The molecule has 0 aliphatic carbocycles. The predicted octanol–water partition coefficient (Wildman–Crippen LogP) is 0.436. The molecule has 11 heavy (non-hydrogen) atoms. The van der Waals surface area contributed by atoms with E-state index in [1.54, 1.807) is 11.6 Å². The van der Waals surface area contributed by atoms with Crippen LogP contribution in [0.15, 0.2) is 0 Å². The van der Waals surface area contributed by atoms with Gasteiger partial charge in [-0.1, -0.05) is 6.92 Å². The van der Waals surface area contributed by atoms with Crippen LogP contribution in [0, 0.1) is 11.3 Å². The average molecular weight is 150 g/mol. The number of imidazole rings is 1. The molecule has 1 rings (SSSR count). The molecule has 0 saturated carbocycles. The lowest BCUT2D eigenvalue weighted by Gasteiger charge is -1.97. The van der Waals surface area contributed by atoms with Gasteiger partial charge in [-0.05, 0) is 6.42 Å². The molecule has 0 amide bonds. The van der Waals surface area contributed by atoms with Crippen molar-refractivity contribution >= 4 is 5.82 Å². The first-order chi connectivity index (χ1) is 5.20. The van der Waals surface area contributed by atoms with E-state index in [0.29, 0.717) is 11.6 Å². The molecule has 0 spiro atoms. The predicted molar refractivity (Wildman–Crippen MR) is 41.7 cm³/mol. The van der Waals surface area contributed by atoms with Crippen LogP contribution in [0.4, 0.5) is 5.82 Å². The third-order valence-corrected chi connectivity index (χ3v) is 1.68. The lowest BCUT2D eigenvalue weighted by Crippen LogP contribution is -1.98. The van der Waals surface area contributed by atoms with E-state index in [-0.39, 0.29) is 0 Å². The number of rotatable bonds is 1. The van der Waals surface area contributed by atoms with Crippen molar-refractivity contribution < 1.29 is 0 Å². The molecule has 0 atom stereocenters. The highest BCUT2D eigenvalue weighted by Crippen LogP contribution is 2.11. The first kappa shape index (κ1) is 7.61. The van der Waals surface area contributed by atoms with Crippen molar-refractivity contribution in [3.63, 3.8) is 0 Å². The molecule has 58 valence electrons. The van der Waals surface area contributed by atoms with Crippen LogP contribution in [0.5, 0.6) is 0 Å². The molecule has 1 aromatic heterocycles. The van der Waals surface area contributed by atoms with Gasteiger partial charge in [0.25, 0.3) is 0 Å². The van der Waals surface area contributed by atoms with Gasteiger partial charge in [0.1, 0.15) is 11.9 Å². The third-order valence-electron chi connectivity index (χ3n) is 1.68. The summed E-state index contributed by atoms with van der Waals surface area (Å²) in [6, 6.07) is 1.96. The Morgan fingerprint density at radius 3 is 2.64 bits per heavy atom. The fraction of sp³-hybridized carbons (Fsp3) is 0.429. The zero-order valence-corrected chi connectivity index (χ0v) is 6.63. The van der Waals surface area contributed by atoms with E-state index < -0.39 is 0 Å². The van der Waals surface area contributed by atoms with Crippen LogP contribution in [0.25, 0.3) is 0 Å². The molecule has 0 aromatic carbocycles. The zero-order chi connectivity index (χ0) is 8.43. The van der Waals surface area contributed by atoms with Crippen LogP contribution in [-0.2, 0) is 13.5 Å². The second kappa shape index (κ2) is 2.62. The smallest absolute Gasteiger partial charge is 0.214 e. The van der Waals surface area contributed by atoms with Crippen molar-refractivity contribution in [2.24, 2.45) is 7.05 Å². The molecule has 0 aliphatic heterocycles. The van der Waals surface area contributed by atoms with Gasteiger partial charge in [0, 0.05) is 7.05 Å². The van der Waals surface area contributed by atoms with E-state index in [9.17, 15) is 0 Å². The van der Waals surface area contributed by atoms with E-state index >= 15 is 0 Å². The van der Waals surface area contributed by atoms with Gasteiger partial charge in [-0.15, -0.1) is 0 Å². The number of hydrogen-bond acceptors (Lipinski definition) is 3. The molecule has 4 nitrogen and oxygen atoms in total. The van der Waals surface area contributed by atoms with Crippen LogP contribution in [-0.4, -0.2) is 9.55 Å². The summed E-state index contributed by atoms with van der Waals surface area (Å²) in [7, 11) is 1.79. The van der Waals surface area contributed by atoms with Crippen molar-refractivity contribution in [2.45, 2.75) is 13.3 Å². The second-order valence-corrected chi connectivity index (χ2v) is 2.29.